The minimum absolute atomic E-state index is 0.00533. The van der Waals surface area contributed by atoms with E-state index < -0.39 is 29.8 Å². The van der Waals surface area contributed by atoms with Crippen LogP contribution in [0.5, 0.6) is 0 Å². The largest absolute Gasteiger partial charge is 0.564 e. The SMILES string of the molecule is C=CCNC(=O)C(=O)C(CCC)NC(=O)[C@@H]1[C@@H]2[C@H](CN1C(=O)[C@@H]([N-]Cl)C1CCCCC1)C2(C)C. The number of fused-ring (bicyclic) bond motifs is 1. The third-order valence-electron chi connectivity index (χ3n) is 8.06. The van der Waals surface area contributed by atoms with Crippen LogP contribution in [-0.4, -0.2) is 59.6 Å². The Morgan fingerprint density at radius 3 is 2.47 bits per heavy atom. The number of nitrogens with zero attached hydrogens (tertiary/aromatic N) is 2. The van der Waals surface area contributed by atoms with E-state index in [1.165, 1.54) is 6.08 Å². The highest BCUT2D eigenvalue weighted by atomic mass is 35.5. The Hall–Kier alpha value is -1.93. The third kappa shape index (κ3) is 5.33. The Kier molecular flexibility index (Phi) is 8.79. The fourth-order valence-corrected chi connectivity index (χ4v) is 6.22. The smallest absolute Gasteiger partial charge is 0.289 e. The van der Waals surface area contributed by atoms with Crippen molar-refractivity contribution in [2.75, 3.05) is 13.1 Å². The molecule has 1 heterocycles. The van der Waals surface area contributed by atoms with Crippen molar-refractivity contribution in [3.8, 4) is 0 Å². The molecule has 34 heavy (non-hydrogen) atoms. The van der Waals surface area contributed by atoms with Gasteiger partial charge in [-0.15, -0.1) is 6.58 Å². The van der Waals surface area contributed by atoms with Crippen molar-refractivity contribution in [1.82, 2.24) is 15.5 Å². The molecule has 3 amide bonds. The Bertz CT molecular complexity index is 811. The van der Waals surface area contributed by atoms with Crippen molar-refractivity contribution >= 4 is 35.3 Å². The highest BCUT2D eigenvalue weighted by Crippen LogP contribution is 2.65. The predicted octanol–water partition coefficient (Wildman–Crippen LogP) is 3.10. The first-order valence-corrected chi connectivity index (χ1v) is 12.9. The molecular formula is C25H38ClN4O4-. The lowest BCUT2D eigenvalue weighted by molar-refractivity contribution is -0.144. The van der Waals surface area contributed by atoms with Crippen LogP contribution in [0.25, 0.3) is 4.84 Å². The summed E-state index contributed by atoms with van der Waals surface area (Å²) in [5.41, 5.74) is -0.0666. The molecule has 190 valence electrons. The molecule has 2 N–H and O–H groups in total. The average molecular weight is 494 g/mol. The fourth-order valence-electron chi connectivity index (χ4n) is 5.98. The molecule has 0 aromatic carbocycles. The van der Waals surface area contributed by atoms with Gasteiger partial charge in [-0.2, -0.15) is 0 Å². The molecular weight excluding hydrogens is 456 g/mol. The molecule has 5 atom stereocenters. The van der Waals surface area contributed by atoms with Gasteiger partial charge in [0.1, 0.15) is 6.04 Å². The minimum Gasteiger partial charge on any atom is -0.564 e. The summed E-state index contributed by atoms with van der Waals surface area (Å²) in [6.45, 7) is 10.3. The van der Waals surface area contributed by atoms with Gasteiger partial charge in [-0.25, -0.2) is 0 Å². The van der Waals surface area contributed by atoms with Gasteiger partial charge in [-0.3, -0.25) is 31.0 Å². The first-order valence-electron chi connectivity index (χ1n) is 12.5. The lowest BCUT2D eigenvalue weighted by atomic mass is 9.83. The molecule has 2 saturated carbocycles. The quantitative estimate of drug-likeness (QED) is 0.340. The van der Waals surface area contributed by atoms with Gasteiger partial charge < -0.3 is 20.4 Å². The molecule has 9 heteroatoms. The van der Waals surface area contributed by atoms with Crippen molar-refractivity contribution in [3.05, 3.63) is 17.5 Å². The van der Waals surface area contributed by atoms with Crippen LogP contribution in [0.4, 0.5) is 0 Å². The minimum atomic E-state index is -0.938. The molecule has 0 aromatic rings. The molecule has 1 unspecified atom stereocenters. The molecule has 0 radical (unpaired) electrons. The van der Waals surface area contributed by atoms with E-state index in [0.29, 0.717) is 19.4 Å². The zero-order valence-corrected chi connectivity index (χ0v) is 21.3. The summed E-state index contributed by atoms with van der Waals surface area (Å²) in [5.74, 6) is -1.71. The number of carbonyl (C=O) groups is 4. The summed E-state index contributed by atoms with van der Waals surface area (Å²) in [6.07, 6.45) is 7.51. The van der Waals surface area contributed by atoms with E-state index in [1.807, 2.05) is 6.92 Å². The molecule has 0 aromatic heterocycles. The summed E-state index contributed by atoms with van der Waals surface area (Å²) < 4.78 is 0. The molecule has 1 saturated heterocycles. The van der Waals surface area contributed by atoms with Gasteiger partial charge in [-0.1, -0.05) is 65.4 Å². The van der Waals surface area contributed by atoms with Crippen molar-refractivity contribution < 1.29 is 19.2 Å². The van der Waals surface area contributed by atoms with E-state index in [2.05, 4.69) is 35.9 Å². The van der Waals surface area contributed by atoms with Crippen molar-refractivity contribution in [2.24, 2.45) is 23.2 Å². The Labute approximate surface area is 207 Å². The zero-order valence-electron chi connectivity index (χ0n) is 20.5. The first-order chi connectivity index (χ1) is 16.2. The molecule has 3 fully saturated rings. The van der Waals surface area contributed by atoms with Gasteiger partial charge in [0, 0.05) is 13.1 Å². The number of rotatable bonds is 11. The summed E-state index contributed by atoms with van der Waals surface area (Å²) in [6, 6.07) is -2.29. The maximum atomic E-state index is 13.6. The highest BCUT2D eigenvalue weighted by Gasteiger charge is 2.69. The molecule has 3 rings (SSSR count). The number of halogens is 1. The topological polar surface area (TPSA) is 110 Å². The number of ketones is 1. The first kappa shape index (κ1) is 26.7. The van der Waals surface area contributed by atoms with Crippen molar-refractivity contribution in [3.63, 3.8) is 0 Å². The van der Waals surface area contributed by atoms with E-state index >= 15 is 0 Å². The van der Waals surface area contributed by atoms with Gasteiger partial charge in [-0.05, 0) is 35.6 Å². The number of hydrogen-bond donors (Lipinski definition) is 2. The summed E-state index contributed by atoms with van der Waals surface area (Å²) in [4.78, 5) is 57.6. The van der Waals surface area contributed by atoms with E-state index in [9.17, 15) is 19.2 Å². The molecule has 1 aliphatic heterocycles. The van der Waals surface area contributed by atoms with Gasteiger partial charge >= 0.3 is 0 Å². The van der Waals surface area contributed by atoms with Gasteiger partial charge in [0.25, 0.3) is 5.91 Å². The number of carbonyl (C=O) groups excluding carboxylic acids is 4. The Morgan fingerprint density at radius 1 is 1.21 bits per heavy atom. The summed E-state index contributed by atoms with van der Waals surface area (Å²) in [5, 5.41) is 5.28. The van der Waals surface area contributed by atoms with Gasteiger partial charge in [0.05, 0.1) is 6.04 Å². The van der Waals surface area contributed by atoms with E-state index in [0.717, 1.165) is 32.1 Å². The second-order valence-corrected chi connectivity index (χ2v) is 10.7. The number of piperidine rings is 1. The zero-order chi connectivity index (χ0) is 25.0. The average Bonchev–Trinajstić information content (AvgIpc) is 3.15. The normalized spacial score (nSPS) is 27.3. The lowest BCUT2D eigenvalue weighted by Crippen LogP contribution is -2.56. The van der Waals surface area contributed by atoms with Crippen LogP contribution in [0.1, 0.15) is 65.7 Å². The number of Topliss-reactive ketones (excluding diaryl/α,β-unsaturated/α-hetero) is 1. The summed E-state index contributed by atoms with van der Waals surface area (Å²) >= 11 is 5.93. The fraction of sp³-hybridized carbons (Fsp3) is 0.760. The molecule has 2 aliphatic carbocycles. The van der Waals surface area contributed by atoms with E-state index in [-0.39, 0.29) is 41.5 Å². The number of likely N-dealkylation sites (tertiary alicyclic amines) is 1. The second-order valence-electron chi connectivity index (χ2n) is 10.5. The number of nitrogens with one attached hydrogen (secondary N) is 2. The van der Waals surface area contributed by atoms with Crippen LogP contribution in [0, 0.1) is 23.2 Å². The van der Waals surface area contributed by atoms with Crippen LogP contribution in [-0.2, 0) is 19.2 Å². The van der Waals surface area contributed by atoms with Crippen LogP contribution in [0.2, 0.25) is 0 Å². The van der Waals surface area contributed by atoms with Crippen LogP contribution >= 0.6 is 11.8 Å². The lowest BCUT2D eigenvalue weighted by Gasteiger charge is -2.41. The van der Waals surface area contributed by atoms with Crippen molar-refractivity contribution in [2.45, 2.75) is 83.8 Å². The van der Waals surface area contributed by atoms with Crippen LogP contribution in [0.15, 0.2) is 12.7 Å². The van der Waals surface area contributed by atoms with Crippen LogP contribution in [0.3, 0.4) is 0 Å². The highest BCUT2D eigenvalue weighted by molar-refractivity contribution is 6.38. The van der Waals surface area contributed by atoms with Crippen LogP contribution < -0.4 is 10.6 Å². The predicted molar refractivity (Wildman–Crippen MR) is 131 cm³/mol. The van der Waals surface area contributed by atoms with Crippen molar-refractivity contribution in [1.29, 1.82) is 0 Å². The molecule has 0 spiro atoms. The monoisotopic (exact) mass is 493 g/mol. The van der Waals surface area contributed by atoms with E-state index in [1.54, 1.807) is 4.90 Å². The molecule has 0 bridgehead atoms. The second kappa shape index (κ2) is 11.2. The van der Waals surface area contributed by atoms with E-state index in [4.69, 9.17) is 11.8 Å². The molecule has 8 nitrogen and oxygen atoms in total. The van der Waals surface area contributed by atoms with Gasteiger partial charge in [0.15, 0.2) is 0 Å². The standard InChI is InChI=1S/C25H38ClN4O4/c1-5-10-17(21(31)23(33)27-13-6-2)28-22(32)20-18-16(25(18,3)4)14-30(20)24(34)19(29-26)15-11-8-7-9-12-15/h6,15-20H,2,5,7-14H2,1,3-4H3,(H,27,33)(H,28,32)/q-1/t16-,17?,18-,19-,20-/m0/s1. The van der Waals surface area contributed by atoms with Gasteiger partial charge in [0.2, 0.25) is 17.6 Å². The molecule has 3 aliphatic rings. The summed E-state index contributed by atoms with van der Waals surface area (Å²) in [7, 11) is 0. The maximum Gasteiger partial charge on any atom is 0.289 e. The number of hydrogen-bond acceptors (Lipinski definition) is 4. The Morgan fingerprint density at radius 2 is 1.88 bits per heavy atom. The Balaban J connectivity index is 1.77. The maximum absolute atomic E-state index is 13.6. The number of amides is 3. The third-order valence-corrected chi connectivity index (χ3v) is 8.27.